The van der Waals surface area contributed by atoms with Gasteiger partial charge in [0.1, 0.15) is 0 Å². The molecule has 1 aromatic heterocycles. The van der Waals surface area contributed by atoms with E-state index in [1.165, 1.54) is 18.4 Å². The smallest absolute Gasteiger partial charge is 0.191 e. The number of aromatic nitrogens is 1. The molecular weight excluding hydrogens is 338 g/mol. The number of guanidine groups is 1. The van der Waals surface area contributed by atoms with Gasteiger partial charge >= 0.3 is 0 Å². The summed E-state index contributed by atoms with van der Waals surface area (Å²) in [5, 5.41) is 6.99. The van der Waals surface area contributed by atoms with Crippen molar-refractivity contribution in [1.29, 1.82) is 0 Å². The molecule has 152 valence electrons. The molecule has 1 aliphatic rings. The maximum atomic E-state index is 5.54. The summed E-state index contributed by atoms with van der Waals surface area (Å²) in [4.78, 5) is 11.3. The summed E-state index contributed by atoms with van der Waals surface area (Å²) in [6, 6.07) is 4.72. The second-order valence-corrected chi connectivity index (χ2v) is 7.23. The van der Waals surface area contributed by atoms with Crippen LogP contribution in [0.25, 0.3) is 0 Å². The normalized spacial score (nSPS) is 17.1. The molecular formula is C21H37N5O. The van der Waals surface area contributed by atoms with E-state index in [4.69, 9.17) is 4.74 Å². The van der Waals surface area contributed by atoms with Crippen LogP contribution in [0.15, 0.2) is 23.3 Å². The zero-order chi connectivity index (χ0) is 19.5. The van der Waals surface area contributed by atoms with Crippen LogP contribution in [0, 0.1) is 12.8 Å². The Morgan fingerprint density at radius 3 is 2.56 bits per heavy atom. The van der Waals surface area contributed by atoms with E-state index >= 15 is 0 Å². The van der Waals surface area contributed by atoms with Gasteiger partial charge in [-0.2, -0.15) is 0 Å². The molecule has 6 nitrogen and oxygen atoms in total. The Hall–Kier alpha value is -1.66. The first-order valence-electron chi connectivity index (χ1n) is 10.4. The molecule has 1 fully saturated rings. The quantitative estimate of drug-likeness (QED) is 0.512. The van der Waals surface area contributed by atoms with Crippen LogP contribution in [0.2, 0.25) is 0 Å². The second kappa shape index (κ2) is 11.9. The molecule has 0 saturated carbocycles. The molecule has 2 rings (SSSR count). The average molecular weight is 376 g/mol. The van der Waals surface area contributed by atoms with Crippen LogP contribution in [0.3, 0.4) is 0 Å². The average Bonchev–Trinajstić information content (AvgIpc) is 2.71. The predicted molar refractivity (Wildman–Crippen MR) is 112 cm³/mol. The predicted octanol–water partition coefficient (Wildman–Crippen LogP) is 2.23. The summed E-state index contributed by atoms with van der Waals surface area (Å²) >= 11 is 0. The zero-order valence-corrected chi connectivity index (χ0v) is 17.5. The number of hydrogen-bond donors (Lipinski definition) is 2. The molecule has 2 heterocycles. The molecule has 0 spiro atoms. The second-order valence-electron chi connectivity index (χ2n) is 7.23. The van der Waals surface area contributed by atoms with E-state index < -0.39 is 0 Å². The number of pyridine rings is 1. The Balaban J connectivity index is 1.84. The summed E-state index contributed by atoms with van der Waals surface area (Å²) in [5.74, 6) is 1.56. The molecule has 1 aromatic rings. The van der Waals surface area contributed by atoms with Crippen LogP contribution in [-0.4, -0.2) is 68.3 Å². The van der Waals surface area contributed by atoms with Gasteiger partial charge in [0.15, 0.2) is 5.96 Å². The number of ether oxygens (including phenoxy) is 1. The number of aryl methyl sites for hydroxylation is 1. The fourth-order valence-electron chi connectivity index (χ4n) is 3.73. The highest BCUT2D eigenvalue weighted by Gasteiger charge is 2.26. The first kappa shape index (κ1) is 21.6. The van der Waals surface area contributed by atoms with Crippen LogP contribution in [0.5, 0.6) is 0 Å². The maximum absolute atomic E-state index is 5.54. The molecule has 6 heteroatoms. The monoisotopic (exact) mass is 375 g/mol. The molecule has 1 saturated heterocycles. The van der Waals surface area contributed by atoms with Crippen molar-refractivity contribution in [2.75, 3.05) is 46.4 Å². The van der Waals surface area contributed by atoms with E-state index in [0.29, 0.717) is 12.0 Å². The maximum Gasteiger partial charge on any atom is 0.191 e. The highest BCUT2D eigenvalue weighted by Crippen LogP contribution is 2.19. The van der Waals surface area contributed by atoms with Crippen LogP contribution in [0.1, 0.15) is 37.9 Å². The lowest BCUT2D eigenvalue weighted by Crippen LogP contribution is -2.53. The van der Waals surface area contributed by atoms with Crippen molar-refractivity contribution in [2.45, 2.75) is 46.1 Å². The van der Waals surface area contributed by atoms with Crippen molar-refractivity contribution in [1.82, 2.24) is 20.5 Å². The Morgan fingerprint density at radius 1 is 1.22 bits per heavy atom. The minimum absolute atomic E-state index is 0.517. The Kier molecular flexibility index (Phi) is 9.56. The van der Waals surface area contributed by atoms with Gasteiger partial charge in [-0.3, -0.25) is 14.9 Å². The molecule has 1 atom stereocenters. The van der Waals surface area contributed by atoms with E-state index in [1.807, 2.05) is 20.2 Å². The first-order chi connectivity index (χ1) is 13.2. The van der Waals surface area contributed by atoms with E-state index in [1.54, 1.807) is 0 Å². The fraction of sp³-hybridized carbons (Fsp3) is 0.714. The van der Waals surface area contributed by atoms with Gasteiger partial charge in [-0.25, -0.2) is 0 Å². The summed E-state index contributed by atoms with van der Waals surface area (Å²) < 4.78 is 5.54. The number of nitrogens with one attached hydrogen (secondary N) is 2. The molecule has 0 aromatic carbocycles. The lowest BCUT2D eigenvalue weighted by molar-refractivity contribution is 0.00272. The van der Waals surface area contributed by atoms with Gasteiger partial charge in [-0.1, -0.05) is 32.8 Å². The highest BCUT2D eigenvalue weighted by atomic mass is 16.5. The minimum Gasteiger partial charge on any atom is -0.379 e. The number of rotatable bonds is 9. The van der Waals surface area contributed by atoms with Crippen molar-refractivity contribution < 1.29 is 4.74 Å². The summed E-state index contributed by atoms with van der Waals surface area (Å²) in [7, 11) is 1.84. The topological polar surface area (TPSA) is 61.8 Å². The molecule has 0 amide bonds. The van der Waals surface area contributed by atoms with E-state index in [0.717, 1.165) is 57.5 Å². The van der Waals surface area contributed by atoms with Gasteiger partial charge in [-0.15, -0.1) is 0 Å². The number of aliphatic imine (C=N–C) groups is 1. The third-order valence-electron chi connectivity index (χ3n) is 5.49. The van der Waals surface area contributed by atoms with Crippen molar-refractivity contribution in [3.05, 3.63) is 29.6 Å². The third-order valence-corrected chi connectivity index (χ3v) is 5.49. The largest absolute Gasteiger partial charge is 0.379 e. The van der Waals surface area contributed by atoms with Gasteiger partial charge in [0.2, 0.25) is 0 Å². The summed E-state index contributed by atoms with van der Waals surface area (Å²) in [5.41, 5.74) is 2.30. The molecule has 1 aliphatic heterocycles. The van der Waals surface area contributed by atoms with E-state index in [9.17, 15) is 0 Å². The fourth-order valence-corrected chi connectivity index (χ4v) is 3.73. The molecule has 0 bridgehead atoms. The Bertz CT molecular complexity index is 550. The van der Waals surface area contributed by atoms with Crippen LogP contribution in [-0.2, 0) is 11.2 Å². The van der Waals surface area contributed by atoms with Crippen LogP contribution >= 0.6 is 0 Å². The van der Waals surface area contributed by atoms with E-state index in [2.05, 4.69) is 51.5 Å². The van der Waals surface area contributed by atoms with Crippen LogP contribution in [0.4, 0.5) is 0 Å². The van der Waals surface area contributed by atoms with Gasteiger partial charge in [0.05, 0.1) is 13.2 Å². The van der Waals surface area contributed by atoms with Gasteiger partial charge < -0.3 is 15.4 Å². The lowest BCUT2D eigenvalue weighted by atomic mass is 9.92. The standard InChI is InChI=1S/C21H37N5O/c1-5-19(6-2)20(26-11-13-27-14-12-26)16-25-21(22-4)23-10-9-18-8-7-17(3)24-15-18/h7-8,15,19-20H,5-6,9-14,16H2,1-4H3,(H2,22,23,25). The minimum atomic E-state index is 0.517. The number of morpholine rings is 1. The molecule has 0 aliphatic carbocycles. The van der Waals surface area contributed by atoms with Gasteiger partial charge in [0.25, 0.3) is 0 Å². The number of hydrogen-bond acceptors (Lipinski definition) is 4. The van der Waals surface area contributed by atoms with Gasteiger partial charge in [0, 0.05) is 51.2 Å². The Labute approximate surface area is 164 Å². The summed E-state index contributed by atoms with van der Waals surface area (Å²) in [6.07, 6.45) is 5.29. The molecule has 2 N–H and O–H groups in total. The lowest BCUT2D eigenvalue weighted by Gasteiger charge is -2.39. The zero-order valence-electron chi connectivity index (χ0n) is 17.5. The van der Waals surface area contributed by atoms with Crippen molar-refractivity contribution in [3.8, 4) is 0 Å². The molecule has 1 unspecified atom stereocenters. The Morgan fingerprint density at radius 2 is 1.96 bits per heavy atom. The van der Waals surface area contributed by atoms with Crippen molar-refractivity contribution in [2.24, 2.45) is 10.9 Å². The highest BCUT2D eigenvalue weighted by molar-refractivity contribution is 5.79. The SMILES string of the molecule is CCC(CC)C(CNC(=NC)NCCc1ccc(C)nc1)N1CCOCC1. The molecule has 0 radical (unpaired) electrons. The summed E-state index contributed by atoms with van der Waals surface area (Å²) in [6.45, 7) is 12.1. The van der Waals surface area contributed by atoms with Crippen LogP contribution < -0.4 is 10.6 Å². The third kappa shape index (κ3) is 7.11. The molecule has 27 heavy (non-hydrogen) atoms. The van der Waals surface area contributed by atoms with Gasteiger partial charge in [-0.05, 0) is 30.9 Å². The van der Waals surface area contributed by atoms with Crippen molar-refractivity contribution in [3.63, 3.8) is 0 Å². The van der Waals surface area contributed by atoms with Crippen molar-refractivity contribution >= 4 is 5.96 Å². The number of nitrogens with zero attached hydrogens (tertiary/aromatic N) is 3. The van der Waals surface area contributed by atoms with E-state index in [-0.39, 0.29) is 0 Å². The first-order valence-corrected chi connectivity index (χ1v) is 10.4.